The molecule has 0 aliphatic carbocycles. The van der Waals surface area contributed by atoms with E-state index in [0.29, 0.717) is 25.5 Å². The van der Waals surface area contributed by atoms with Gasteiger partial charge in [0.15, 0.2) is 0 Å². The monoisotopic (exact) mass is 421 g/mol. The molecule has 1 aromatic heterocycles. The zero-order valence-corrected chi connectivity index (χ0v) is 17.1. The van der Waals surface area contributed by atoms with Crippen molar-refractivity contribution >= 4 is 17.4 Å². The van der Waals surface area contributed by atoms with Crippen molar-refractivity contribution in [1.29, 1.82) is 0 Å². The predicted octanol–water partition coefficient (Wildman–Crippen LogP) is 2.03. The van der Waals surface area contributed by atoms with Gasteiger partial charge in [-0.3, -0.25) is 9.59 Å². The molecular weight excluding hydrogens is 397 g/mol. The van der Waals surface area contributed by atoms with Gasteiger partial charge in [-0.15, -0.1) is 0 Å². The van der Waals surface area contributed by atoms with E-state index >= 15 is 0 Å². The van der Waals surface area contributed by atoms with Crippen LogP contribution in [0.15, 0.2) is 71.5 Å². The van der Waals surface area contributed by atoms with E-state index in [9.17, 15) is 14.0 Å². The maximum absolute atomic E-state index is 13.1. The fourth-order valence-electron chi connectivity index (χ4n) is 3.55. The van der Waals surface area contributed by atoms with E-state index in [2.05, 4.69) is 20.2 Å². The van der Waals surface area contributed by atoms with Gasteiger partial charge in [0.25, 0.3) is 5.56 Å². The number of amides is 1. The number of benzene rings is 2. The van der Waals surface area contributed by atoms with E-state index in [1.807, 2.05) is 30.3 Å². The number of hydrogen-bond donors (Lipinski definition) is 1. The first kappa shape index (κ1) is 20.6. The molecule has 3 aromatic rings. The molecule has 160 valence electrons. The lowest BCUT2D eigenvalue weighted by Gasteiger charge is -2.36. The summed E-state index contributed by atoms with van der Waals surface area (Å²) in [7, 11) is 0. The van der Waals surface area contributed by atoms with Crippen LogP contribution < -0.4 is 20.7 Å². The van der Waals surface area contributed by atoms with Gasteiger partial charge in [0.2, 0.25) is 5.91 Å². The number of hydrogen-bond acceptors (Lipinski definition) is 5. The molecule has 1 amide bonds. The molecule has 31 heavy (non-hydrogen) atoms. The summed E-state index contributed by atoms with van der Waals surface area (Å²) in [5, 5.41) is 7.22. The van der Waals surface area contributed by atoms with Gasteiger partial charge in [0.1, 0.15) is 18.2 Å². The number of nitrogens with one attached hydrogen (secondary N) is 1. The number of nitrogens with zero attached hydrogens (tertiary/aromatic N) is 4. The van der Waals surface area contributed by atoms with Gasteiger partial charge in [-0.05, 0) is 35.9 Å². The molecule has 2 heterocycles. The van der Waals surface area contributed by atoms with E-state index in [1.54, 1.807) is 18.2 Å². The maximum Gasteiger partial charge on any atom is 0.267 e. The Balaban J connectivity index is 1.36. The largest absolute Gasteiger partial charge is 0.368 e. The van der Waals surface area contributed by atoms with Crippen molar-refractivity contribution < 1.29 is 9.18 Å². The number of rotatable bonds is 6. The van der Waals surface area contributed by atoms with E-state index < -0.39 is 0 Å². The minimum Gasteiger partial charge on any atom is -0.368 e. The van der Waals surface area contributed by atoms with Gasteiger partial charge in [0, 0.05) is 44.5 Å². The summed E-state index contributed by atoms with van der Waals surface area (Å²) in [4.78, 5) is 28.7. The first-order valence-electron chi connectivity index (χ1n) is 10.2. The minimum atomic E-state index is -0.316. The first-order valence-corrected chi connectivity index (χ1v) is 10.2. The second-order valence-corrected chi connectivity index (χ2v) is 7.40. The quantitative estimate of drug-likeness (QED) is 0.660. The van der Waals surface area contributed by atoms with Crippen LogP contribution in [0.2, 0.25) is 0 Å². The molecule has 0 bridgehead atoms. The maximum atomic E-state index is 13.1. The molecule has 2 aromatic carbocycles. The summed E-state index contributed by atoms with van der Waals surface area (Å²) in [5.74, 6) is 0.146. The predicted molar refractivity (Wildman–Crippen MR) is 118 cm³/mol. The Hall–Kier alpha value is -3.68. The summed E-state index contributed by atoms with van der Waals surface area (Å²) >= 11 is 0. The van der Waals surface area contributed by atoms with Gasteiger partial charge in [-0.2, -0.15) is 5.10 Å². The highest BCUT2D eigenvalue weighted by molar-refractivity contribution is 5.75. The van der Waals surface area contributed by atoms with E-state index in [-0.39, 0.29) is 23.8 Å². The number of aromatic nitrogens is 2. The van der Waals surface area contributed by atoms with Crippen LogP contribution in [0.5, 0.6) is 0 Å². The molecule has 1 N–H and O–H groups in total. The Labute approximate surface area is 179 Å². The number of anilines is 2. The Kier molecular flexibility index (Phi) is 6.26. The molecule has 1 aliphatic rings. The fraction of sp³-hybridized carbons (Fsp3) is 0.261. The normalized spacial score (nSPS) is 13.8. The lowest BCUT2D eigenvalue weighted by molar-refractivity contribution is -0.122. The Bertz CT molecular complexity index is 1080. The van der Waals surface area contributed by atoms with Crippen LogP contribution in [0, 0.1) is 5.82 Å². The van der Waals surface area contributed by atoms with Gasteiger partial charge < -0.3 is 15.1 Å². The minimum absolute atomic E-state index is 0.130. The smallest absolute Gasteiger partial charge is 0.267 e. The number of carbonyl (C=O) groups excluding carboxylic acids is 1. The summed E-state index contributed by atoms with van der Waals surface area (Å²) in [5.41, 5.74) is 1.65. The highest BCUT2D eigenvalue weighted by atomic mass is 19.1. The lowest BCUT2D eigenvalue weighted by Crippen LogP contribution is -2.47. The molecule has 1 aliphatic heterocycles. The average molecular weight is 421 g/mol. The number of carbonyl (C=O) groups is 1. The van der Waals surface area contributed by atoms with E-state index in [1.165, 1.54) is 22.9 Å². The summed E-state index contributed by atoms with van der Waals surface area (Å²) < 4.78 is 14.3. The molecule has 0 saturated carbocycles. The van der Waals surface area contributed by atoms with Crippen molar-refractivity contribution in [2.45, 2.75) is 13.1 Å². The second kappa shape index (κ2) is 9.42. The first-order chi connectivity index (χ1) is 15.1. The molecule has 1 saturated heterocycles. The fourth-order valence-corrected chi connectivity index (χ4v) is 3.55. The molecule has 4 rings (SSSR count). The van der Waals surface area contributed by atoms with Crippen molar-refractivity contribution in [2.75, 3.05) is 36.0 Å². The molecule has 0 spiro atoms. The van der Waals surface area contributed by atoms with Gasteiger partial charge in [-0.25, -0.2) is 9.07 Å². The van der Waals surface area contributed by atoms with Crippen LogP contribution in [0.3, 0.4) is 0 Å². The number of halogens is 1. The number of piperazine rings is 1. The van der Waals surface area contributed by atoms with Crippen LogP contribution in [0.4, 0.5) is 15.9 Å². The van der Waals surface area contributed by atoms with Crippen LogP contribution in [0.25, 0.3) is 0 Å². The zero-order chi connectivity index (χ0) is 21.6. The highest BCUT2D eigenvalue weighted by Crippen LogP contribution is 2.19. The van der Waals surface area contributed by atoms with Crippen LogP contribution in [-0.4, -0.2) is 41.9 Å². The van der Waals surface area contributed by atoms with Crippen LogP contribution in [-0.2, 0) is 17.9 Å². The van der Waals surface area contributed by atoms with Crippen LogP contribution >= 0.6 is 0 Å². The Morgan fingerprint density at radius 3 is 2.29 bits per heavy atom. The summed E-state index contributed by atoms with van der Waals surface area (Å²) in [6, 6.07) is 19.2. The van der Waals surface area contributed by atoms with E-state index in [0.717, 1.165) is 24.3 Å². The van der Waals surface area contributed by atoms with Crippen molar-refractivity contribution in [3.63, 3.8) is 0 Å². The molecule has 7 nitrogen and oxygen atoms in total. The highest BCUT2D eigenvalue weighted by Gasteiger charge is 2.19. The van der Waals surface area contributed by atoms with Crippen molar-refractivity contribution in [3.8, 4) is 0 Å². The summed E-state index contributed by atoms with van der Waals surface area (Å²) in [6.45, 7) is 3.20. The average Bonchev–Trinajstić information content (AvgIpc) is 2.80. The molecular formula is C23H24FN5O2. The van der Waals surface area contributed by atoms with Crippen molar-refractivity contribution in [3.05, 3.63) is 88.5 Å². The lowest BCUT2D eigenvalue weighted by atomic mass is 10.2. The SMILES string of the molecule is O=C(Cn1nc(N2CCN(c3ccc(F)cc3)CC2)ccc1=O)NCc1ccccc1. The standard InChI is InChI=1S/C23H24FN5O2/c24-19-6-8-20(9-7-19)27-12-14-28(15-13-27)21-10-11-23(31)29(26-21)17-22(30)25-16-18-4-2-1-3-5-18/h1-11H,12-17H2,(H,25,30). The molecule has 0 radical (unpaired) electrons. The molecule has 0 atom stereocenters. The summed E-state index contributed by atoms with van der Waals surface area (Å²) in [6.07, 6.45) is 0. The second-order valence-electron chi connectivity index (χ2n) is 7.40. The molecule has 0 unspecified atom stereocenters. The van der Waals surface area contributed by atoms with Gasteiger partial charge in [0.05, 0.1) is 0 Å². The van der Waals surface area contributed by atoms with Gasteiger partial charge >= 0.3 is 0 Å². The zero-order valence-electron chi connectivity index (χ0n) is 17.1. The third-order valence-electron chi connectivity index (χ3n) is 5.27. The van der Waals surface area contributed by atoms with Crippen molar-refractivity contribution in [1.82, 2.24) is 15.1 Å². The van der Waals surface area contributed by atoms with Crippen LogP contribution in [0.1, 0.15) is 5.56 Å². The third kappa shape index (κ3) is 5.28. The van der Waals surface area contributed by atoms with Gasteiger partial charge in [-0.1, -0.05) is 30.3 Å². The molecule has 1 fully saturated rings. The Morgan fingerprint density at radius 1 is 0.903 bits per heavy atom. The Morgan fingerprint density at radius 2 is 1.58 bits per heavy atom. The third-order valence-corrected chi connectivity index (χ3v) is 5.27. The molecule has 8 heteroatoms. The van der Waals surface area contributed by atoms with E-state index in [4.69, 9.17) is 0 Å². The topological polar surface area (TPSA) is 70.5 Å². The van der Waals surface area contributed by atoms with Crippen molar-refractivity contribution in [2.24, 2.45) is 0 Å².